The quantitative estimate of drug-likeness (QED) is 0.439. The zero-order chi connectivity index (χ0) is 17.6. The Morgan fingerprint density at radius 1 is 1.26 bits per heavy atom. The first-order chi connectivity index (χ1) is 10.7. The lowest BCUT2D eigenvalue weighted by atomic mass is 10.0. The number of ketones is 1. The number of hydrogen-bond donors (Lipinski definition) is 4. The first kappa shape index (κ1) is 19.4. The highest BCUT2D eigenvalue weighted by atomic mass is 16.2. The molecule has 0 aromatic rings. The molecule has 0 radical (unpaired) electrons. The average molecular weight is 326 g/mol. The molecule has 0 aromatic carbocycles. The summed E-state index contributed by atoms with van der Waals surface area (Å²) in [7, 11) is 0. The lowest BCUT2D eigenvalue weighted by Crippen LogP contribution is -2.52. The molecule has 132 valence electrons. The molecule has 1 aliphatic rings. The van der Waals surface area contributed by atoms with Crippen LogP contribution in [0.2, 0.25) is 0 Å². The van der Waals surface area contributed by atoms with Crippen LogP contribution in [0.5, 0.6) is 0 Å². The first-order valence-corrected chi connectivity index (χ1v) is 8.32. The highest BCUT2D eigenvalue weighted by Crippen LogP contribution is 2.30. The minimum absolute atomic E-state index is 0.0836. The molecule has 1 saturated carbocycles. The fourth-order valence-electron chi connectivity index (χ4n) is 2.51. The Morgan fingerprint density at radius 2 is 1.87 bits per heavy atom. The van der Waals surface area contributed by atoms with Gasteiger partial charge in [0.1, 0.15) is 0 Å². The Labute approximate surface area is 138 Å². The first-order valence-electron chi connectivity index (χ1n) is 8.32. The molecule has 1 unspecified atom stereocenters. The normalized spacial score (nSPS) is 22.3. The zero-order valence-corrected chi connectivity index (χ0v) is 14.5. The second kappa shape index (κ2) is 8.86. The number of carbonyl (C=O) groups excluding carboxylic acids is 3. The van der Waals surface area contributed by atoms with Crippen LogP contribution in [0, 0.1) is 11.8 Å². The maximum Gasteiger partial charge on any atom is 0.312 e. The van der Waals surface area contributed by atoms with Gasteiger partial charge in [-0.3, -0.25) is 9.59 Å². The van der Waals surface area contributed by atoms with Crippen molar-refractivity contribution in [3.8, 4) is 0 Å². The van der Waals surface area contributed by atoms with Crippen molar-refractivity contribution in [3.05, 3.63) is 0 Å². The van der Waals surface area contributed by atoms with Crippen LogP contribution in [0.3, 0.4) is 0 Å². The van der Waals surface area contributed by atoms with Crippen molar-refractivity contribution >= 4 is 17.7 Å². The Bertz CT molecular complexity index is 439. The minimum Gasteiger partial charge on any atom is -0.352 e. The van der Waals surface area contributed by atoms with Crippen LogP contribution in [-0.2, 0) is 9.59 Å². The Kier molecular flexibility index (Phi) is 7.48. The van der Waals surface area contributed by atoms with Gasteiger partial charge in [-0.2, -0.15) is 0 Å². The van der Waals surface area contributed by atoms with E-state index in [0.29, 0.717) is 31.3 Å². The topological polar surface area (TPSA) is 113 Å². The van der Waals surface area contributed by atoms with Crippen LogP contribution >= 0.6 is 0 Å². The molecule has 3 amide bonds. The smallest absolute Gasteiger partial charge is 0.312 e. The van der Waals surface area contributed by atoms with E-state index in [1.54, 1.807) is 0 Å². The largest absolute Gasteiger partial charge is 0.352 e. The van der Waals surface area contributed by atoms with Gasteiger partial charge in [0.15, 0.2) is 5.78 Å². The maximum atomic E-state index is 12.5. The third-order valence-corrected chi connectivity index (χ3v) is 4.23. The van der Waals surface area contributed by atoms with Gasteiger partial charge in [-0.15, -0.1) is 0 Å². The molecule has 0 bridgehead atoms. The van der Waals surface area contributed by atoms with E-state index < -0.39 is 12.1 Å². The van der Waals surface area contributed by atoms with Gasteiger partial charge in [0, 0.05) is 12.6 Å². The molecule has 0 aromatic heterocycles. The van der Waals surface area contributed by atoms with E-state index >= 15 is 0 Å². The van der Waals surface area contributed by atoms with Crippen LogP contribution < -0.4 is 21.7 Å². The SMILES string of the molecule is CC(=O)[C@H](CCCNC(N)=O)NC(=O)[C@@H](N[C@@H]1CC1C)C(C)C. The molecule has 7 heteroatoms. The summed E-state index contributed by atoms with van der Waals surface area (Å²) >= 11 is 0. The summed E-state index contributed by atoms with van der Waals surface area (Å²) in [4.78, 5) is 34.9. The lowest BCUT2D eigenvalue weighted by Gasteiger charge is -2.25. The number of primary amides is 1. The number of carbonyl (C=O) groups is 3. The molecule has 7 nitrogen and oxygen atoms in total. The molecule has 0 saturated heterocycles. The molecule has 1 fully saturated rings. The van der Waals surface area contributed by atoms with Crippen LogP contribution in [-0.4, -0.2) is 42.4 Å². The van der Waals surface area contributed by atoms with Gasteiger partial charge in [0.2, 0.25) is 5.91 Å². The van der Waals surface area contributed by atoms with Gasteiger partial charge in [-0.25, -0.2) is 4.79 Å². The summed E-state index contributed by atoms with van der Waals surface area (Å²) in [5.74, 6) is 0.529. The van der Waals surface area contributed by atoms with E-state index in [1.807, 2.05) is 13.8 Å². The monoisotopic (exact) mass is 326 g/mol. The second-order valence-corrected chi connectivity index (χ2v) is 6.81. The summed E-state index contributed by atoms with van der Waals surface area (Å²) < 4.78 is 0. The number of nitrogens with two attached hydrogens (primary N) is 1. The highest BCUT2D eigenvalue weighted by Gasteiger charge is 2.37. The number of nitrogens with one attached hydrogen (secondary N) is 3. The van der Waals surface area contributed by atoms with E-state index in [1.165, 1.54) is 6.92 Å². The number of amides is 3. The molecule has 1 rings (SSSR count). The fraction of sp³-hybridized carbons (Fsp3) is 0.812. The van der Waals surface area contributed by atoms with Gasteiger partial charge < -0.3 is 21.7 Å². The van der Waals surface area contributed by atoms with E-state index in [0.717, 1.165) is 6.42 Å². The zero-order valence-electron chi connectivity index (χ0n) is 14.5. The maximum absolute atomic E-state index is 12.5. The van der Waals surface area contributed by atoms with Crippen molar-refractivity contribution in [2.45, 2.75) is 65.1 Å². The predicted molar refractivity (Wildman–Crippen MR) is 88.8 cm³/mol. The molecule has 0 aliphatic heterocycles. The van der Waals surface area contributed by atoms with Gasteiger partial charge in [0.25, 0.3) is 0 Å². The molecule has 0 spiro atoms. The molecule has 4 atom stereocenters. The number of urea groups is 1. The molecular formula is C16H30N4O3. The molecule has 0 heterocycles. The van der Waals surface area contributed by atoms with Crippen molar-refractivity contribution in [3.63, 3.8) is 0 Å². The summed E-state index contributed by atoms with van der Waals surface area (Å²) in [6, 6.07) is -1.02. The highest BCUT2D eigenvalue weighted by molar-refractivity contribution is 5.89. The van der Waals surface area contributed by atoms with Crippen molar-refractivity contribution in [1.82, 2.24) is 16.0 Å². The summed E-state index contributed by atoms with van der Waals surface area (Å²) in [6.07, 6.45) is 2.14. The standard InChI is InChI=1S/C16H30N4O3/c1-9(2)14(19-13-8-10(13)3)15(22)20-12(11(4)21)6-5-7-18-16(17)23/h9-10,12-14,19H,5-8H2,1-4H3,(H,20,22)(H3,17,18,23)/t10?,12-,13+,14-/m0/s1. The van der Waals surface area contributed by atoms with E-state index in [-0.39, 0.29) is 23.7 Å². The summed E-state index contributed by atoms with van der Waals surface area (Å²) in [5.41, 5.74) is 4.99. The van der Waals surface area contributed by atoms with E-state index in [9.17, 15) is 14.4 Å². The Balaban J connectivity index is 2.50. The Morgan fingerprint density at radius 3 is 2.30 bits per heavy atom. The number of Topliss-reactive ketones (excluding diaryl/α,β-unsaturated/α-hetero) is 1. The van der Waals surface area contributed by atoms with Crippen molar-refractivity contribution < 1.29 is 14.4 Å². The summed E-state index contributed by atoms with van der Waals surface area (Å²) in [5, 5.41) is 8.68. The molecule has 5 N–H and O–H groups in total. The molecule has 1 aliphatic carbocycles. The number of rotatable bonds is 10. The fourth-order valence-corrected chi connectivity index (χ4v) is 2.51. The van der Waals surface area contributed by atoms with E-state index in [4.69, 9.17) is 5.73 Å². The minimum atomic E-state index is -0.587. The lowest BCUT2D eigenvalue weighted by molar-refractivity contribution is -0.129. The van der Waals surface area contributed by atoms with Gasteiger partial charge in [-0.05, 0) is 38.0 Å². The average Bonchev–Trinajstić information content (AvgIpc) is 3.13. The second-order valence-electron chi connectivity index (χ2n) is 6.81. The van der Waals surface area contributed by atoms with Gasteiger partial charge in [-0.1, -0.05) is 20.8 Å². The van der Waals surface area contributed by atoms with Crippen molar-refractivity contribution in [2.75, 3.05) is 6.54 Å². The predicted octanol–water partition coefficient (Wildman–Crippen LogP) is 0.531. The summed E-state index contributed by atoms with van der Waals surface area (Å²) in [6.45, 7) is 7.98. The van der Waals surface area contributed by atoms with Crippen LogP contribution in [0.4, 0.5) is 4.79 Å². The Hall–Kier alpha value is -1.63. The van der Waals surface area contributed by atoms with E-state index in [2.05, 4.69) is 22.9 Å². The van der Waals surface area contributed by atoms with Crippen LogP contribution in [0.15, 0.2) is 0 Å². The van der Waals surface area contributed by atoms with Gasteiger partial charge >= 0.3 is 6.03 Å². The third kappa shape index (κ3) is 6.99. The van der Waals surface area contributed by atoms with Crippen LogP contribution in [0.1, 0.15) is 47.0 Å². The molecular weight excluding hydrogens is 296 g/mol. The van der Waals surface area contributed by atoms with Crippen molar-refractivity contribution in [1.29, 1.82) is 0 Å². The number of hydrogen-bond acceptors (Lipinski definition) is 4. The molecule has 23 heavy (non-hydrogen) atoms. The third-order valence-electron chi connectivity index (χ3n) is 4.23. The van der Waals surface area contributed by atoms with Crippen LogP contribution in [0.25, 0.3) is 0 Å². The van der Waals surface area contributed by atoms with Crippen molar-refractivity contribution in [2.24, 2.45) is 17.6 Å². The van der Waals surface area contributed by atoms with Gasteiger partial charge in [0.05, 0.1) is 12.1 Å².